The highest BCUT2D eigenvalue weighted by Gasteiger charge is 2.17. The van der Waals surface area contributed by atoms with Gasteiger partial charge in [-0.2, -0.15) is 5.10 Å². The zero-order valence-electron chi connectivity index (χ0n) is 13.7. The number of hydrogen-bond acceptors (Lipinski definition) is 5. The maximum absolute atomic E-state index is 12.2. The van der Waals surface area contributed by atoms with Crippen LogP contribution in [0.4, 0.5) is 5.95 Å². The molecule has 0 aliphatic carbocycles. The number of anilines is 1. The fourth-order valence-electron chi connectivity index (χ4n) is 2.18. The van der Waals surface area contributed by atoms with Gasteiger partial charge in [0, 0.05) is 11.2 Å². The summed E-state index contributed by atoms with van der Waals surface area (Å²) in [6, 6.07) is 6.50. The zero-order chi connectivity index (χ0) is 18.7. The molecule has 0 spiro atoms. The monoisotopic (exact) mass is 374 g/mol. The molecule has 0 aliphatic rings. The number of nitrogens with zero attached hydrogens (tertiary/aromatic N) is 5. The van der Waals surface area contributed by atoms with Gasteiger partial charge in [-0.15, -0.1) is 5.10 Å². The first-order valence-corrected chi connectivity index (χ1v) is 8.03. The van der Waals surface area contributed by atoms with Crippen LogP contribution in [0.15, 0.2) is 43.0 Å². The Labute approximate surface area is 153 Å². The fraction of sp³-hybridized carbons (Fsp3) is 0.188. The van der Waals surface area contributed by atoms with Crippen molar-refractivity contribution in [3.8, 4) is 0 Å². The van der Waals surface area contributed by atoms with Crippen molar-refractivity contribution in [1.82, 2.24) is 24.5 Å². The summed E-state index contributed by atoms with van der Waals surface area (Å²) in [5.41, 5.74) is 1.08. The Balaban J connectivity index is 1.66. The van der Waals surface area contributed by atoms with E-state index in [1.807, 2.05) is 18.2 Å². The number of benzene rings is 1. The quantitative estimate of drug-likeness (QED) is 0.682. The molecule has 0 saturated carbocycles. The van der Waals surface area contributed by atoms with Crippen LogP contribution >= 0.6 is 11.6 Å². The molecule has 1 unspecified atom stereocenters. The van der Waals surface area contributed by atoms with Crippen LogP contribution in [0.25, 0.3) is 0 Å². The van der Waals surface area contributed by atoms with Crippen LogP contribution in [0, 0.1) is 0 Å². The molecule has 9 nitrogen and oxygen atoms in total. The Hall–Kier alpha value is -3.20. The summed E-state index contributed by atoms with van der Waals surface area (Å²) >= 11 is 6.11. The van der Waals surface area contributed by atoms with E-state index in [2.05, 4.69) is 20.5 Å². The zero-order valence-corrected chi connectivity index (χ0v) is 14.5. The second-order valence-corrected chi connectivity index (χ2v) is 5.94. The van der Waals surface area contributed by atoms with E-state index >= 15 is 0 Å². The van der Waals surface area contributed by atoms with E-state index in [4.69, 9.17) is 16.7 Å². The van der Waals surface area contributed by atoms with Gasteiger partial charge in [0.25, 0.3) is 5.91 Å². The first-order valence-electron chi connectivity index (χ1n) is 7.65. The summed E-state index contributed by atoms with van der Waals surface area (Å²) < 4.78 is 2.74. The number of halogens is 1. The molecule has 0 fully saturated rings. The van der Waals surface area contributed by atoms with E-state index in [-0.39, 0.29) is 11.5 Å². The molecule has 10 heteroatoms. The average Bonchev–Trinajstić information content (AvgIpc) is 3.26. The van der Waals surface area contributed by atoms with Crippen molar-refractivity contribution in [3.05, 3.63) is 59.1 Å². The molecule has 2 aromatic heterocycles. The molecule has 1 amide bonds. The maximum Gasteiger partial charge on any atom is 0.328 e. The van der Waals surface area contributed by atoms with E-state index in [0.717, 1.165) is 5.56 Å². The third kappa shape index (κ3) is 3.89. The molecular weight excluding hydrogens is 360 g/mol. The molecule has 2 N–H and O–H groups in total. The molecular formula is C16H15ClN6O3. The largest absolute Gasteiger partial charge is 0.480 e. The van der Waals surface area contributed by atoms with Gasteiger partial charge in [0.05, 0.1) is 18.3 Å². The molecule has 1 atom stereocenters. The summed E-state index contributed by atoms with van der Waals surface area (Å²) in [5, 5.41) is 20.2. The summed E-state index contributed by atoms with van der Waals surface area (Å²) in [6.45, 7) is 1.88. The van der Waals surface area contributed by atoms with Gasteiger partial charge in [0.2, 0.25) is 5.95 Å². The molecule has 2 heterocycles. The van der Waals surface area contributed by atoms with Crippen molar-refractivity contribution in [1.29, 1.82) is 0 Å². The number of rotatable bonds is 6. The summed E-state index contributed by atoms with van der Waals surface area (Å²) in [6.07, 6.45) is 4.12. The van der Waals surface area contributed by atoms with Gasteiger partial charge >= 0.3 is 5.97 Å². The minimum absolute atomic E-state index is 0.126. The second-order valence-electron chi connectivity index (χ2n) is 5.53. The number of carbonyl (C=O) groups is 2. The van der Waals surface area contributed by atoms with E-state index in [9.17, 15) is 9.59 Å². The normalized spacial score (nSPS) is 11.9. The molecule has 0 saturated heterocycles. The topological polar surface area (TPSA) is 115 Å². The number of hydrogen-bond donors (Lipinski definition) is 2. The molecule has 0 bridgehead atoms. The van der Waals surface area contributed by atoms with Crippen LogP contribution < -0.4 is 5.32 Å². The van der Waals surface area contributed by atoms with Crippen LogP contribution in [0.5, 0.6) is 0 Å². The van der Waals surface area contributed by atoms with Crippen molar-refractivity contribution in [2.45, 2.75) is 19.5 Å². The molecule has 134 valence electrons. The van der Waals surface area contributed by atoms with Crippen LogP contribution in [0.2, 0.25) is 5.02 Å². The minimum atomic E-state index is -1.04. The first kappa shape index (κ1) is 17.6. The molecule has 3 rings (SSSR count). The van der Waals surface area contributed by atoms with Crippen molar-refractivity contribution < 1.29 is 14.7 Å². The number of amides is 1. The van der Waals surface area contributed by atoms with Crippen LogP contribution in [-0.2, 0) is 11.3 Å². The van der Waals surface area contributed by atoms with Crippen molar-refractivity contribution >= 4 is 29.4 Å². The standard InChI is InChI=1S/C16H15ClN6O3/c1-10(15(25)26)23-8-12(6-19-23)14(24)20-16-18-9-22(21-16)7-11-4-2-3-5-13(11)17/h2-6,8-10H,7H2,1H3,(H,25,26)(H,20,21,24). The van der Waals surface area contributed by atoms with Gasteiger partial charge in [-0.05, 0) is 18.6 Å². The Morgan fingerprint density at radius 2 is 2.12 bits per heavy atom. The lowest BCUT2D eigenvalue weighted by molar-refractivity contribution is -0.140. The van der Waals surface area contributed by atoms with Gasteiger partial charge < -0.3 is 5.11 Å². The molecule has 0 aliphatic heterocycles. The predicted molar refractivity (Wildman–Crippen MR) is 93.1 cm³/mol. The van der Waals surface area contributed by atoms with Crippen LogP contribution in [0.1, 0.15) is 28.9 Å². The summed E-state index contributed by atoms with van der Waals surface area (Å²) in [7, 11) is 0. The molecule has 3 aromatic rings. The smallest absolute Gasteiger partial charge is 0.328 e. The number of carbonyl (C=O) groups excluding carboxylic acids is 1. The van der Waals surface area contributed by atoms with E-state index in [1.165, 1.54) is 30.3 Å². The van der Waals surface area contributed by atoms with Crippen molar-refractivity contribution in [3.63, 3.8) is 0 Å². The Morgan fingerprint density at radius 1 is 1.35 bits per heavy atom. The van der Waals surface area contributed by atoms with E-state index < -0.39 is 17.9 Å². The van der Waals surface area contributed by atoms with Gasteiger partial charge in [-0.1, -0.05) is 29.8 Å². The lowest BCUT2D eigenvalue weighted by Gasteiger charge is -2.05. The van der Waals surface area contributed by atoms with Gasteiger partial charge in [0.15, 0.2) is 0 Å². The van der Waals surface area contributed by atoms with E-state index in [1.54, 1.807) is 10.7 Å². The number of aliphatic carboxylic acids is 1. The molecule has 0 radical (unpaired) electrons. The van der Waals surface area contributed by atoms with Gasteiger partial charge in [0.1, 0.15) is 12.4 Å². The highest BCUT2D eigenvalue weighted by molar-refractivity contribution is 6.31. The molecule has 1 aromatic carbocycles. The van der Waals surface area contributed by atoms with Crippen molar-refractivity contribution in [2.75, 3.05) is 5.32 Å². The van der Waals surface area contributed by atoms with Crippen LogP contribution in [0.3, 0.4) is 0 Å². The first-order chi connectivity index (χ1) is 12.4. The average molecular weight is 375 g/mol. The summed E-state index contributed by atoms with van der Waals surface area (Å²) in [4.78, 5) is 27.2. The SMILES string of the molecule is CC(C(=O)O)n1cc(C(=O)Nc2ncn(Cc3ccccc3Cl)n2)cn1. The Morgan fingerprint density at radius 3 is 2.85 bits per heavy atom. The second kappa shape index (κ2) is 7.36. The number of carboxylic acid groups (broad SMARTS) is 1. The highest BCUT2D eigenvalue weighted by Crippen LogP contribution is 2.16. The van der Waals surface area contributed by atoms with Gasteiger partial charge in [-0.25, -0.2) is 14.5 Å². The third-order valence-electron chi connectivity index (χ3n) is 3.67. The van der Waals surface area contributed by atoms with Crippen molar-refractivity contribution in [2.24, 2.45) is 0 Å². The fourth-order valence-corrected chi connectivity index (χ4v) is 2.38. The van der Waals surface area contributed by atoms with Gasteiger partial charge in [-0.3, -0.25) is 14.8 Å². The number of aromatic nitrogens is 5. The summed E-state index contributed by atoms with van der Waals surface area (Å²) in [5.74, 6) is -1.40. The van der Waals surface area contributed by atoms with E-state index in [0.29, 0.717) is 11.6 Å². The van der Waals surface area contributed by atoms with Crippen LogP contribution in [-0.4, -0.2) is 41.5 Å². The predicted octanol–water partition coefficient (Wildman–Crippen LogP) is 2.07. The Bertz CT molecular complexity index is 951. The molecule has 26 heavy (non-hydrogen) atoms. The highest BCUT2D eigenvalue weighted by atomic mass is 35.5. The lowest BCUT2D eigenvalue weighted by atomic mass is 10.2. The minimum Gasteiger partial charge on any atom is -0.480 e. The Kier molecular flexibility index (Phi) is 4.99. The maximum atomic E-state index is 12.2. The third-order valence-corrected chi connectivity index (χ3v) is 4.04. The lowest BCUT2D eigenvalue weighted by Crippen LogP contribution is -2.16. The number of carboxylic acids is 1. The number of nitrogens with one attached hydrogen (secondary N) is 1.